The van der Waals surface area contributed by atoms with Crippen molar-refractivity contribution >= 4 is 11.9 Å². The third-order valence-corrected chi connectivity index (χ3v) is 1.71. The molecule has 78 valence electrons. The first-order chi connectivity index (χ1) is 6.54. The van der Waals surface area contributed by atoms with Gasteiger partial charge in [-0.2, -0.15) is 5.26 Å². The number of hydrogen-bond acceptors (Lipinski definition) is 4. The minimum atomic E-state index is -0.892. The highest BCUT2D eigenvalue weighted by Crippen LogP contribution is 2.01. The van der Waals surface area contributed by atoms with E-state index in [-0.39, 0.29) is 19.0 Å². The number of nitrogens with zero attached hydrogens (tertiary/aromatic N) is 2. The number of rotatable bonds is 3. The molecule has 14 heavy (non-hydrogen) atoms. The molecule has 1 amide bonds. The van der Waals surface area contributed by atoms with Gasteiger partial charge in [0, 0.05) is 12.6 Å². The lowest BCUT2D eigenvalue weighted by Gasteiger charge is -2.24. The molecule has 0 aliphatic rings. The molecule has 0 aliphatic heterocycles. The predicted octanol–water partition coefficient (Wildman–Crippen LogP) is 0.310. The van der Waals surface area contributed by atoms with Crippen LogP contribution in [0.3, 0.4) is 0 Å². The van der Waals surface area contributed by atoms with Gasteiger partial charge in [0.1, 0.15) is 0 Å². The van der Waals surface area contributed by atoms with Crippen LogP contribution in [0.15, 0.2) is 0 Å². The lowest BCUT2D eigenvalue weighted by Crippen LogP contribution is -2.42. The van der Waals surface area contributed by atoms with Crippen molar-refractivity contribution in [2.75, 3.05) is 13.7 Å². The number of amides is 1. The second kappa shape index (κ2) is 5.97. The zero-order valence-corrected chi connectivity index (χ0v) is 8.61. The normalized spacial score (nSPS) is 9.36. The molecule has 0 aromatic heterocycles. The smallest absolute Gasteiger partial charge is 0.396 e. The highest BCUT2D eigenvalue weighted by molar-refractivity contribution is 6.32. The first kappa shape index (κ1) is 12.4. The molecule has 0 aliphatic carbocycles. The molecule has 0 rings (SSSR count). The van der Waals surface area contributed by atoms with Gasteiger partial charge in [-0.25, -0.2) is 4.79 Å². The van der Waals surface area contributed by atoms with Crippen LogP contribution in [0.25, 0.3) is 0 Å². The summed E-state index contributed by atoms with van der Waals surface area (Å²) in [6.45, 7) is 3.80. The van der Waals surface area contributed by atoms with Crippen molar-refractivity contribution in [1.29, 1.82) is 5.26 Å². The lowest BCUT2D eigenvalue weighted by atomic mass is 10.3. The van der Waals surface area contributed by atoms with Crippen molar-refractivity contribution in [3.63, 3.8) is 0 Å². The summed E-state index contributed by atoms with van der Waals surface area (Å²) in [6.07, 6.45) is 0.209. The summed E-state index contributed by atoms with van der Waals surface area (Å²) in [4.78, 5) is 23.6. The monoisotopic (exact) mass is 198 g/mol. The molecular formula is C9H14N2O3. The van der Waals surface area contributed by atoms with Crippen molar-refractivity contribution in [1.82, 2.24) is 4.90 Å². The molecule has 0 aromatic carbocycles. The van der Waals surface area contributed by atoms with E-state index in [1.807, 2.05) is 6.07 Å². The number of methoxy groups -OCH3 is 1. The second-order valence-corrected chi connectivity index (χ2v) is 2.99. The number of ether oxygens (including phenoxy) is 1. The van der Waals surface area contributed by atoms with E-state index >= 15 is 0 Å². The molecule has 0 saturated carbocycles. The quantitative estimate of drug-likeness (QED) is 0.483. The average molecular weight is 198 g/mol. The Kier molecular flexibility index (Phi) is 5.30. The number of carbonyl (C=O) groups is 2. The van der Waals surface area contributed by atoms with Gasteiger partial charge >= 0.3 is 11.9 Å². The van der Waals surface area contributed by atoms with Crippen LogP contribution in [-0.4, -0.2) is 36.5 Å². The minimum Gasteiger partial charge on any atom is -0.462 e. The van der Waals surface area contributed by atoms with E-state index in [1.54, 1.807) is 13.8 Å². The maximum atomic E-state index is 11.4. The maximum absolute atomic E-state index is 11.4. The van der Waals surface area contributed by atoms with E-state index in [2.05, 4.69) is 4.74 Å². The third-order valence-electron chi connectivity index (χ3n) is 1.71. The zero-order valence-electron chi connectivity index (χ0n) is 8.61. The summed E-state index contributed by atoms with van der Waals surface area (Å²) in [5, 5.41) is 8.37. The van der Waals surface area contributed by atoms with Gasteiger partial charge in [-0.1, -0.05) is 0 Å². The van der Waals surface area contributed by atoms with E-state index in [9.17, 15) is 9.59 Å². The largest absolute Gasteiger partial charge is 0.462 e. The molecule has 0 unspecified atom stereocenters. The van der Waals surface area contributed by atoms with Crippen LogP contribution < -0.4 is 0 Å². The number of nitriles is 1. The fourth-order valence-corrected chi connectivity index (χ4v) is 0.969. The zero-order chi connectivity index (χ0) is 11.1. The van der Waals surface area contributed by atoms with E-state index in [0.717, 1.165) is 7.11 Å². The highest BCUT2D eigenvalue weighted by atomic mass is 16.5. The Bertz CT molecular complexity index is 255. The third kappa shape index (κ3) is 3.44. The van der Waals surface area contributed by atoms with Crippen LogP contribution in [-0.2, 0) is 14.3 Å². The van der Waals surface area contributed by atoms with Crippen LogP contribution in [0.4, 0.5) is 0 Å². The molecule has 0 radical (unpaired) electrons. The van der Waals surface area contributed by atoms with E-state index in [4.69, 9.17) is 5.26 Å². The van der Waals surface area contributed by atoms with Gasteiger partial charge in [-0.15, -0.1) is 0 Å². The van der Waals surface area contributed by atoms with Gasteiger partial charge in [0.25, 0.3) is 0 Å². The van der Waals surface area contributed by atoms with Gasteiger partial charge in [-0.3, -0.25) is 4.79 Å². The molecule has 0 heterocycles. The van der Waals surface area contributed by atoms with Gasteiger partial charge in [0.15, 0.2) is 0 Å². The Morgan fingerprint density at radius 2 is 2.07 bits per heavy atom. The molecule has 0 saturated heterocycles. The number of hydrogen-bond donors (Lipinski definition) is 0. The molecular weight excluding hydrogens is 184 g/mol. The molecule has 0 aromatic rings. The maximum Gasteiger partial charge on any atom is 0.396 e. The Labute approximate surface area is 83.2 Å². The molecule has 0 N–H and O–H groups in total. The Morgan fingerprint density at radius 3 is 2.43 bits per heavy atom. The SMILES string of the molecule is COC(=O)C(=O)N(CCC#N)C(C)C. The molecule has 0 fully saturated rings. The highest BCUT2D eigenvalue weighted by Gasteiger charge is 2.24. The summed E-state index contributed by atoms with van der Waals surface area (Å²) in [6, 6.07) is 1.80. The molecule has 0 atom stereocenters. The van der Waals surface area contributed by atoms with Crippen LogP contribution in [0.2, 0.25) is 0 Å². The van der Waals surface area contributed by atoms with Crippen LogP contribution >= 0.6 is 0 Å². The van der Waals surface area contributed by atoms with Crippen LogP contribution in [0.5, 0.6) is 0 Å². The standard InChI is InChI=1S/C9H14N2O3/c1-7(2)11(6-4-5-10)8(12)9(13)14-3/h7H,4,6H2,1-3H3. The molecule has 0 spiro atoms. The fraction of sp³-hybridized carbons (Fsp3) is 0.667. The summed E-state index contributed by atoms with van der Waals surface area (Å²) in [5.74, 6) is -1.59. The van der Waals surface area contributed by atoms with Crippen LogP contribution in [0, 0.1) is 11.3 Å². The molecule has 5 nitrogen and oxygen atoms in total. The van der Waals surface area contributed by atoms with Gasteiger partial charge in [0.2, 0.25) is 0 Å². The van der Waals surface area contributed by atoms with Crippen molar-refractivity contribution in [2.45, 2.75) is 26.3 Å². The van der Waals surface area contributed by atoms with Crippen molar-refractivity contribution in [3.8, 4) is 6.07 Å². The Morgan fingerprint density at radius 1 is 1.50 bits per heavy atom. The van der Waals surface area contributed by atoms with Crippen molar-refractivity contribution in [3.05, 3.63) is 0 Å². The summed E-state index contributed by atoms with van der Waals surface area (Å²) in [5.41, 5.74) is 0. The molecule has 0 bridgehead atoms. The predicted molar refractivity (Wildman–Crippen MR) is 49.1 cm³/mol. The van der Waals surface area contributed by atoms with Gasteiger partial charge in [0.05, 0.1) is 19.6 Å². The van der Waals surface area contributed by atoms with Gasteiger partial charge < -0.3 is 9.64 Å². The summed E-state index contributed by atoms with van der Waals surface area (Å²) in [7, 11) is 1.16. The fourth-order valence-electron chi connectivity index (χ4n) is 0.969. The average Bonchev–Trinajstić information content (AvgIpc) is 2.16. The van der Waals surface area contributed by atoms with Gasteiger partial charge in [-0.05, 0) is 13.8 Å². The topological polar surface area (TPSA) is 70.4 Å². The first-order valence-corrected chi connectivity index (χ1v) is 4.30. The second-order valence-electron chi connectivity index (χ2n) is 2.99. The minimum absolute atomic E-state index is 0.116. The summed E-state index contributed by atoms with van der Waals surface area (Å²) < 4.78 is 4.31. The Hall–Kier alpha value is -1.57. The van der Waals surface area contributed by atoms with E-state index < -0.39 is 11.9 Å². The number of esters is 1. The van der Waals surface area contributed by atoms with Crippen molar-refractivity contribution < 1.29 is 14.3 Å². The molecule has 5 heteroatoms. The van der Waals surface area contributed by atoms with E-state index in [1.165, 1.54) is 4.90 Å². The first-order valence-electron chi connectivity index (χ1n) is 4.30. The number of carbonyl (C=O) groups excluding carboxylic acids is 2. The lowest BCUT2D eigenvalue weighted by molar-refractivity contribution is -0.159. The Balaban J connectivity index is 4.42. The van der Waals surface area contributed by atoms with E-state index in [0.29, 0.717) is 0 Å². The summed E-state index contributed by atoms with van der Waals surface area (Å²) >= 11 is 0. The van der Waals surface area contributed by atoms with Crippen molar-refractivity contribution in [2.24, 2.45) is 0 Å². The van der Waals surface area contributed by atoms with Crippen LogP contribution in [0.1, 0.15) is 20.3 Å².